The smallest absolute Gasteiger partial charge is 0.269 e. The molecule has 0 bridgehead atoms. The summed E-state index contributed by atoms with van der Waals surface area (Å²) in [7, 11) is 1.77. The first-order valence-electron chi connectivity index (χ1n) is 4.92. The number of nitrogens with zero attached hydrogens (tertiary/aromatic N) is 2. The van der Waals surface area contributed by atoms with Gasteiger partial charge < -0.3 is 5.32 Å². The van der Waals surface area contributed by atoms with Crippen LogP contribution in [0.5, 0.6) is 0 Å². The predicted molar refractivity (Wildman–Crippen MR) is 63.3 cm³/mol. The SMILES string of the molecule is Cc1cc(C(=O)NC(C)CCBr)n(C)n1. The first-order valence-corrected chi connectivity index (χ1v) is 6.04. The van der Waals surface area contributed by atoms with Gasteiger partial charge in [0.2, 0.25) is 0 Å². The lowest BCUT2D eigenvalue weighted by atomic mass is 10.2. The lowest BCUT2D eigenvalue weighted by molar-refractivity contribution is 0.0930. The van der Waals surface area contributed by atoms with Crippen LogP contribution in [0.1, 0.15) is 29.5 Å². The van der Waals surface area contributed by atoms with E-state index < -0.39 is 0 Å². The number of carbonyl (C=O) groups is 1. The molecule has 1 heterocycles. The van der Waals surface area contributed by atoms with Gasteiger partial charge in [0.25, 0.3) is 5.91 Å². The standard InChI is InChI=1S/C10H16BrN3O/c1-7(4-5-11)12-10(15)9-6-8(2)13-14(9)3/h6-7H,4-5H2,1-3H3,(H,12,15). The van der Waals surface area contributed by atoms with Gasteiger partial charge in [0.15, 0.2) is 0 Å². The minimum absolute atomic E-state index is 0.0634. The van der Waals surface area contributed by atoms with Crippen molar-refractivity contribution in [2.24, 2.45) is 7.05 Å². The van der Waals surface area contributed by atoms with Crippen LogP contribution < -0.4 is 5.32 Å². The van der Waals surface area contributed by atoms with E-state index in [4.69, 9.17) is 0 Å². The lowest BCUT2D eigenvalue weighted by Crippen LogP contribution is -2.33. The summed E-state index contributed by atoms with van der Waals surface area (Å²) in [5.41, 5.74) is 1.46. The molecular weight excluding hydrogens is 258 g/mol. The Morgan fingerprint density at radius 3 is 2.87 bits per heavy atom. The van der Waals surface area contributed by atoms with E-state index in [0.717, 1.165) is 17.4 Å². The zero-order chi connectivity index (χ0) is 11.4. The molecule has 1 atom stereocenters. The number of rotatable bonds is 4. The summed E-state index contributed by atoms with van der Waals surface area (Å²) in [6.45, 7) is 3.86. The second-order valence-corrected chi connectivity index (χ2v) is 4.44. The molecule has 15 heavy (non-hydrogen) atoms. The fourth-order valence-electron chi connectivity index (χ4n) is 1.36. The summed E-state index contributed by atoms with van der Waals surface area (Å²) >= 11 is 3.35. The van der Waals surface area contributed by atoms with Gasteiger partial charge >= 0.3 is 0 Å². The molecule has 1 aromatic heterocycles. The van der Waals surface area contributed by atoms with E-state index >= 15 is 0 Å². The number of halogens is 1. The number of hydrogen-bond acceptors (Lipinski definition) is 2. The normalized spacial score (nSPS) is 12.5. The van der Waals surface area contributed by atoms with Crippen LogP contribution >= 0.6 is 15.9 Å². The van der Waals surface area contributed by atoms with Crippen LogP contribution in [-0.4, -0.2) is 27.1 Å². The molecular formula is C10H16BrN3O. The summed E-state index contributed by atoms with van der Waals surface area (Å²) in [5.74, 6) is -0.0634. The highest BCUT2D eigenvalue weighted by Crippen LogP contribution is 2.03. The maximum atomic E-state index is 11.8. The predicted octanol–water partition coefficient (Wildman–Crippen LogP) is 1.63. The minimum Gasteiger partial charge on any atom is -0.348 e. The van der Waals surface area contributed by atoms with Gasteiger partial charge in [-0.2, -0.15) is 5.10 Å². The maximum Gasteiger partial charge on any atom is 0.269 e. The van der Waals surface area contributed by atoms with E-state index in [0.29, 0.717) is 5.69 Å². The minimum atomic E-state index is -0.0634. The maximum absolute atomic E-state index is 11.8. The number of alkyl halides is 1. The zero-order valence-electron chi connectivity index (χ0n) is 9.25. The van der Waals surface area contributed by atoms with Gasteiger partial charge in [-0.15, -0.1) is 0 Å². The Morgan fingerprint density at radius 1 is 1.73 bits per heavy atom. The highest BCUT2D eigenvalue weighted by Gasteiger charge is 2.13. The van der Waals surface area contributed by atoms with Crippen molar-refractivity contribution in [2.45, 2.75) is 26.3 Å². The Labute approximate surface area is 98.2 Å². The van der Waals surface area contributed by atoms with Crippen molar-refractivity contribution in [3.63, 3.8) is 0 Å². The van der Waals surface area contributed by atoms with Gasteiger partial charge in [0.1, 0.15) is 5.69 Å². The number of aromatic nitrogens is 2. The van der Waals surface area contributed by atoms with E-state index in [1.54, 1.807) is 17.8 Å². The topological polar surface area (TPSA) is 46.9 Å². The molecule has 0 saturated heterocycles. The third-order valence-corrected chi connectivity index (χ3v) is 2.61. The van der Waals surface area contributed by atoms with Gasteiger partial charge in [0.05, 0.1) is 5.69 Å². The van der Waals surface area contributed by atoms with Crippen LogP contribution in [0, 0.1) is 6.92 Å². The molecule has 0 aromatic carbocycles. The summed E-state index contributed by atoms with van der Waals surface area (Å²) in [4.78, 5) is 11.8. The molecule has 0 saturated carbocycles. The molecule has 84 valence electrons. The van der Waals surface area contributed by atoms with E-state index in [1.807, 2.05) is 13.8 Å². The summed E-state index contributed by atoms with van der Waals surface area (Å²) in [6.07, 6.45) is 0.919. The summed E-state index contributed by atoms with van der Waals surface area (Å²) < 4.78 is 1.60. The van der Waals surface area contributed by atoms with E-state index in [-0.39, 0.29) is 11.9 Å². The Morgan fingerprint density at radius 2 is 2.40 bits per heavy atom. The molecule has 1 unspecified atom stereocenters. The lowest BCUT2D eigenvalue weighted by Gasteiger charge is -2.11. The second kappa shape index (κ2) is 5.30. The Balaban J connectivity index is 2.65. The molecule has 1 amide bonds. The fraction of sp³-hybridized carbons (Fsp3) is 0.600. The van der Waals surface area contributed by atoms with Gasteiger partial charge in [-0.25, -0.2) is 0 Å². The Bertz CT molecular complexity index is 348. The van der Waals surface area contributed by atoms with Crippen LogP contribution in [0.15, 0.2) is 6.07 Å². The van der Waals surface area contributed by atoms with Crippen molar-refractivity contribution in [2.75, 3.05) is 5.33 Å². The monoisotopic (exact) mass is 273 g/mol. The van der Waals surface area contributed by atoms with Gasteiger partial charge in [-0.1, -0.05) is 15.9 Å². The van der Waals surface area contributed by atoms with Crippen LogP contribution in [0.4, 0.5) is 0 Å². The largest absolute Gasteiger partial charge is 0.348 e. The third-order valence-electron chi connectivity index (χ3n) is 2.15. The Hall–Kier alpha value is -0.840. The number of nitrogens with one attached hydrogen (secondary N) is 1. The average Bonchev–Trinajstić information content (AvgIpc) is 2.45. The van der Waals surface area contributed by atoms with E-state index in [1.165, 1.54) is 0 Å². The Kier molecular flexibility index (Phi) is 4.32. The van der Waals surface area contributed by atoms with Crippen molar-refractivity contribution in [1.29, 1.82) is 0 Å². The molecule has 5 heteroatoms. The number of carbonyl (C=O) groups excluding carboxylic acids is 1. The first-order chi connectivity index (χ1) is 7.04. The zero-order valence-corrected chi connectivity index (χ0v) is 10.8. The summed E-state index contributed by atoms with van der Waals surface area (Å²) in [6, 6.07) is 1.96. The first kappa shape index (κ1) is 12.2. The third kappa shape index (κ3) is 3.34. The van der Waals surface area contributed by atoms with Gasteiger partial charge in [-0.3, -0.25) is 9.48 Å². The van der Waals surface area contributed by atoms with Crippen molar-refractivity contribution in [3.05, 3.63) is 17.5 Å². The average molecular weight is 274 g/mol. The molecule has 1 N–H and O–H groups in total. The molecule has 1 rings (SSSR count). The van der Waals surface area contributed by atoms with Crippen molar-refractivity contribution in [1.82, 2.24) is 15.1 Å². The molecule has 4 nitrogen and oxygen atoms in total. The summed E-state index contributed by atoms with van der Waals surface area (Å²) in [5, 5.41) is 7.94. The highest BCUT2D eigenvalue weighted by molar-refractivity contribution is 9.09. The molecule has 0 aliphatic heterocycles. The molecule has 0 aliphatic carbocycles. The van der Waals surface area contributed by atoms with Gasteiger partial charge in [0, 0.05) is 18.4 Å². The second-order valence-electron chi connectivity index (χ2n) is 3.65. The van der Waals surface area contributed by atoms with Crippen LogP contribution in [0.3, 0.4) is 0 Å². The number of hydrogen-bond donors (Lipinski definition) is 1. The van der Waals surface area contributed by atoms with Gasteiger partial charge in [-0.05, 0) is 26.3 Å². The number of amides is 1. The fourth-order valence-corrected chi connectivity index (χ4v) is 2.04. The van der Waals surface area contributed by atoms with Crippen LogP contribution in [-0.2, 0) is 7.05 Å². The molecule has 1 aromatic rings. The molecule has 0 fully saturated rings. The molecule has 0 aliphatic rings. The quantitative estimate of drug-likeness (QED) is 0.848. The van der Waals surface area contributed by atoms with E-state index in [9.17, 15) is 4.79 Å². The highest BCUT2D eigenvalue weighted by atomic mass is 79.9. The van der Waals surface area contributed by atoms with E-state index in [2.05, 4.69) is 26.3 Å². The molecule has 0 spiro atoms. The number of aryl methyl sites for hydroxylation is 2. The molecule has 0 radical (unpaired) electrons. The van der Waals surface area contributed by atoms with Crippen molar-refractivity contribution < 1.29 is 4.79 Å². The van der Waals surface area contributed by atoms with Crippen molar-refractivity contribution >= 4 is 21.8 Å². The van der Waals surface area contributed by atoms with Crippen LogP contribution in [0.25, 0.3) is 0 Å². The van der Waals surface area contributed by atoms with Crippen molar-refractivity contribution in [3.8, 4) is 0 Å². The van der Waals surface area contributed by atoms with Crippen LogP contribution in [0.2, 0.25) is 0 Å².